The fraction of sp³-hybridized carbons (Fsp3) is 0.127. The normalized spacial score (nSPS) is 11.0. The molecule has 0 aliphatic rings. The molecule has 12 aromatic carbocycles. The van der Waals surface area contributed by atoms with Crippen LogP contribution in [0.5, 0.6) is 0 Å². The van der Waals surface area contributed by atoms with Gasteiger partial charge in [0.1, 0.15) is 0 Å². The maximum Gasteiger partial charge on any atom is 0.0733 e. The summed E-state index contributed by atoms with van der Waals surface area (Å²) >= 11 is 3.13. The van der Waals surface area contributed by atoms with Gasteiger partial charge in [0.25, 0.3) is 0 Å². The predicted molar refractivity (Wildman–Crippen MR) is 331 cm³/mol. The zero-order valence-corrected chi connectivity index (χ0v) is 43.8. The van der Waals surface area contributed by atoms with Crippen molar-refractivity contribution in [2.45, 2.75) is 33.9 Å². The van der Waals surface area contributed by atoms with E-state index in [9.17, 15) is 5.11 Å². The van der Waals surface area contributed by atoms with Crippen LogP contribution in [0.2, 0.25) is 0 Å². The summed E-state index contributed by atoms with van der Waals surface area (Å²) in [6, 6.07) is 76.3. The van der Waals surface area contributed by atoms with Crippen LogP contribution in [-0.2, 0) is 40.6 Å². The van der Waals surface area contributed by atoms with Gasteiger partial charge < -0.3 is 19.3 Å². The van der Waals surface area contributed by atoms with Gasteiger partial charge in [-0.25, -0.2) is 0 Å². The zero-order chi connectivity index (χ0) is 51.6. The molecule has 0 atom stereocenters. The van der Waals surface area contributed by atoms with Gasteiger partial charge >= 0.3 is 0 Å². The number of alkyl halides is 1. The van der Waals surface area contributed by atoms with Crippen molar-refractivity contribution in [1.82, 2.24) is 0 Å². The van der Waals surface area contributed by atoms with Crippen LogP contribution in [0, 0.1) is 0 Å². The average molecular weight is 1060 g/mol. The van der Waals surface area contributed by atoms with Gasteiger partial charge in [0, 0.05) is 5.33 Å². The first-order valence-electron chi connectivity index (χ1n) is 25.4. The van der Waals surface area contributed by atoms with Gasteiger partial charge in [0.15, 0.2) is 0 Å². The molecule has 0 bridgehead atoms. The molecule has 0 heterocycles. The van der Waals surface area contributed by atoms with E-state index < -0.39 is 0 Å². The summed E-state index contributed by atoms with van der Waals surface area (Å²) in [5.41, 5.74) is 4.77. The van der Waals surface area contributed by atoms with Gasteiger partial charge in [-0.3, -0.25) is 0 Å². The largest absolute Gasteiger partial charge is 0.392 e. The second-order valence-electron chi connectivity index (χ2n) is 18.1. The van der Waals surface area contributed by atoms with E-state index in [4.69, 9.17) is 14.2 Å². The second kappa shape index (κ2) is 27.7. The van der Waals surface area contributed by atoms with E-state index in [1.807, 2.05) is 24.3 Å². The topological polar surface area (TPSA) is 47.9 Å². The molecule has 0 saturated heterocycles. The van der Waals surface area contributed by atoms with Crippen LogP contribution in [0.3, 0.4) is 0 Å². The first-order valence-corrected chi connectivity index (χ1v) is 26.6. The van der Waals surface area contributed by atoms with Crippen LogP contribution in [0.25, 0.3) is 86.2 Å². The maximum absolute atomic E-state index is 9.53. The van der Waals surface area contributed by atoms with Crippen molar-refractivity contribution in [3.63, 3.8) is 0 Å². The minimum atomic E-state index is 0. The Labute approximate surface area is 455 Å². The van der Waals surface area contributed by atoms with Crippen LogP contribution in [0.15, 0.2) is 256 Å². The van der Waals surface area contributed by atoms with Crippen molar-refractivity contribution < 1.29 is 19.3 Å². The Balaban J connectivity index is 0.000000160. The Morgan fingerprint density at radius 2 is 0.539 bits per heavy atom. The zero-order valence-electron chi connectivity index (χ0n) is 42.2. The number of rotatable bonds is 14. The highest BCUT2D eigenvalue weighted by Gasteiger charge is 2.11. The van der Waals surface area contributed by atoms with Crippen LogP contribution >= 0.6 is 15.9 Å². The molecule has 0 aliphatic carbocycles. The predicted octanol–water partition coefficient (Wildman–Crippen LogP) is 19.0. The quantitative estimate of drug-likeness (QED) is 0.0510. The molecule has 0 unspecified atom stereocenters. The molecule has 0 aliphatic heterocycles. The lowest BCUT2D eigenvalue weighted by Gasteiger charge is -2.12. The third-order valence-electron chi connectivity index (χ3n) is 13.4. The fourth-order valence-electron chi connectivity index (χ4n) is 9.91. The maximum atomic E-state index is 9.53. The molecule has 0 aromatic heterocycles. The van der Waals surface area contributed by atoms with Crippen molar-refractivity contribution in [2.24, 2.45) is 0 Å². The first-order chi connectivity index (χ1) is 37.1. The standard InChI is InChI=1S/C34H28O2.C18H16O.C15H12O.C3H5Br.CH4/c1-5-15-29-25(11-1)21-26-12-2-6-16-30(26)33(29)23-35-19-9-10-20-36-24-34-31-17-7-3-13-27(31)22-28-14-4-8-18-32(28)34;1-2-11-19-13-18-16-9-5-3-7-14(16)12-15-8-4-6-10-17(15)18;16-10-15-13-7-3-1-5-11(13)9-12-6-2-4-8-14(12)15;1-2-3-4;/h1-18,21-22H,19-20,23-24H2;2-10,12H,1,11,13H2;1-9,16H,10H2;2H,1,3H2;1H4/b10-9+;;;;. The van der Waals surface area contributed by atoms with E-state index in [1.165, 1.54) is 92.1 Å². The highest BCUT2D eigenvalue weighted by atomic mass is 79.9. The number of allylic oxidation sites excluding steroid dienone is 1. The number of fused-ring (bicyclic) bond motifs is 8. The second-order valence-corrected chi connectivity index (χ2v) is 18.7. The Morgan fingerprint density at radius 3 is 0.750 bits per heavy atom. The summed E-state index contributed by atoms with van der Waals surface area (Å²) in [5.74, 6) is 0. The Morgan fingerprint density at radius 1 is 0.329 bits per heavy atom. The molecule has 76 heavy (non-hydrogen) atoms. The SMILES string of the molecule is C.C(=C\COCc1c2ccccc2cc2ccccc12)/COCc1c2ccccc2cc2ccccc12.C=CCBr.C=CCOCc1c2ccccc2cc2ccccc12.OCc1c2ccccc2cc2ccccc12. The minimum absolute atomic E-state index is 0. The molecular formula is C71H65BrO4. The lowest BCUT2D eigenvalue weighted by atomic mass is 9.97. The van der Waals surface area contributed by atoms with E-state index >= 15 is 0 Å². The third kappa shape index (κ3) is 13.0. The summed E-state index contributed by atoms with van der Waals surface area (Å²) in [6.07, 6.45) is 7.68. The van der Waals surface area contributed by atoms with E-state index in [-0.39, 0.29) is 14.0 Å². The third-order valence-corrected chi connectivity index (χ3v) is 13.8. The van der Waals surface area contributed by atoms with E-state index in [1.54, 1.807) is 12.2 Å². The number of aliphatic hydroxyl groups is 1. The molecule has 0 fully saturated rings. The number of aliphatic hydroxyl groups excluding tert-OH is 1. The van der Waals surface area contributed by atoms with Gasteiger partial charge in [-0.15, -0.1) is 13.2 Å². The summed E-state index contributed by atoms with van der Waals surface area (Å²) in [4.78, 5) is 0. The number of hydrogen-bond donors (Lipinski definition) is 1. The Kier molecular flexibility index (Phi) is 19.9. The van der Waals surface area contributed by atoms with Crippen molar-refractivity contribution in [2.75, 3.05) is 25.2 Å². The Hall–Kier alpha value is -7.74. The number of benzene rings is 12. The van der Waals surface area contributed by atoms with Gasteiger partial charge in [-0.2, -0.15) is 0 Å². The van der Waals surface area contributed by atoms with Crippen LogP contribution in [0.4, 0.5) is 0 Å². The summed E-state index contributed by atoms with van der Waals surface area (Å²) in [5, 5.41) is 30.2. The lowest BCUT2D eigenvalue weighted by Crippen LogP contribution is -1.98. The molecule has 0 amide bonds. The van der Waals surface area contributed by atoms with Gasteiger partial charge in [-0.05, 0) is 133 Å². The number of ether oxygens (including phenoxy) is 3. The van der Waals surface area contributed by atoms with E-state index in [0.29, 0.717) is 39.6 Å². The summed E-state index contributed by atoms with van der Waals surface area (Å²) in [6.45, 7) is 10.7. The monoisotopic (exact) mass is 1060 g/mol. The van der Waals surface area contributed by atoms with Crippen molar-refractivity contribution in [1.29, 1.82) is 0 Å². The van der Waals surface area contributed by atoms with Crippen LogP contribution in [0.1, 0.15) is 29.7 Å². The van der Waals surface area contributed by atoms with Crippen molar-refractivity contribution in [3.05, 3.63) is 278 Å². The molecule has 12 aromatic rings. The van der Waals surface area contributed by atoms with E-state index in [0.717, 1.165) is 21.7 Å². The first kappa shape index (κ1) is 54.5. The molecule has 380 valence electrons. The fourth-order valence-corrected chi connectivity index (χ4v) is 9.91. The molecule has 0 spiro atoms. The van der Waals surface area contributed by atoms with Gasteiger partial charge in [0.2, 0.25) is 0 Å². The summed E-state index contributed by atoms with van der Waals surface area (Å²) < 4.78 is 17.8. The van der Waals surface area contributed by atoms with Gasteiger partial charge in [0.05, 0.1) is 46.2 Å². The Bertz CT molecular complexity index is 3570. The molecule has 12 rings (SSSR count). The molecule has 4 nitrogen and oxygen atoms in total. The minimum Gasteiger partial charge on any atom is -0.392 e. The van der Waals surface area contributed by atoms with Crippen molar-refractivity contribution in [3.8, 4) is 0 Å². The number of hydrogen-bond acceptors (Lipinski definition) is 4. The summed E-state index contributed by atoms with van der Waals surface area (Å²) in [7, 11) is 0. The van der Waals surface area contributed by atoms with Crippen LogP contribution in [-0.4, -0.2) is 30.3 Å². The molecule has 0 radical (unpaired) electrons. The van der Waals surface area contributed by atoms with Gasteiger partial charge in [-0.1, -0.05) is 242 Å². The lowest BCUT2D eigenvalue weighted by molar-refractivity contribution is 0.142. The molecular weight excluding hydrogens is 997 g/mol. The highest BCUT2D eigenvalue weighted by molar-refractivity contribution is 9.09. The highest BCUT2D eigenvalue weighted by Crippen LogP contribution is 2.33. The molecule has 1 N–H and O–H groups in total. The average Bonchev–Trinajstić information content (AvgIpc) is 3.49. The molecule has 0 saturated carbocycles. The van der Waals surface area contributed by atoms with Crippen molar-refractivity contribution >= 4 is 102 Å². The smallest absolute Gasteiger partial charge is 0.0733 e. The van der Waals surface area contributed by atoms with Crippen LogP contribution < -0.4 is 0 Å². The number of halogens is 1. The molecule has 5 heteroatoms. The van der Waals surface area contributed by atoms with E-state index in [2.05, 4.69) is 235 Å².